The maximum absolute atomic E-state index is 6.23. The summed E-state index contributed by atoms with van der Waals surface area (Å²) < 4.78 is 6.23. The van der Waals surface area contributed by atoms with Crippen molar-refractivity contribution >= 4 is 21.9 Å². The summed E-state index contributed by atoms with van der Waals surface area (Å²) in [6.45, 7) is 4.28. The number of hydrogen-bond acceptors (Lipinski definition) is 1. The number of para-hydroxylation sites is 2. The maximum atomic E-state index is 6.23. The summed E-state index contributed by atoms with van der Waals surface area (Å²) in [5.74, 6) is 0. The van der Waals surface area contributed by atoms with Gasteiger partial charge >= 0.3 is 0 Å². The van der Waals surface area contributed by atoms with Crippen LogP contribution < -0.4 is 0 Å². The Morgan fingerprint density at radius 3 is 2.18 bits per heavy atom. The molecule has 0 N–H and O–H groups in total. The van der Waals surface area contributed by atoms with E-state index >= 15 is 0 Å². The molecule has 0 atom stereocenters. The Morgan fingerprint density at radius 1 is 0.773 bits per heavy atom. The van der Waals surface area contributed by atoms with Crippen molar-refractivity contribution in [1.82, 2.24) is 0 Å². The predicted molar refractivity (Wildman–Crippen MR) is 93.3 cm³/mol. The highest BCUT2D eigenvalue weighted by atomic mass is 16.3. The van der Waals surface area contributed by atoms with Gasteiger partial charge in [0.05, 0.1) is 0 Å². The number of furan rings is 1. The topological polar surface area (TPSA) is 13.1 Å². The molecule has 3 aromatic carbocycles. The quantitative estimate of drug-likeness (QED) is 0.432. The molecule has 0 bridgehead atoms. The molecule has 1 nitrogen and oxygen atoms in total. The summed E-state index contributed by atoms with van der Waals surface area (Å²) in [5, 5.41) is 2.39. The summed E-state index contributed by atoms with van der Waals surface area (Å²) in [6, 6.07) is 21.5. The van der Waals surface area contributed by atoms with Crippen molar-refractivity contribution in [3.63, 3.8) is 0 Å². The minimum absolute atomic E-state index is 0.982. The van der Waals surface area contributed by atoms with E-state index in [0.29, 0.717) is 0 Å². The van der Waals surface area contributed by atoms with E-state index in [1.165, 1.54) is 27.5 Å². The Morgan fingerprint density at radius 2 is 1.45 bits per heavy atom. The molecule has 22 heavy (non-hydrogen) atoms. The van der Waals surface area contributed by atoms with Crippen LogP contribution in [-0.2, 0) is 6.42 Å². The van der Waals surface area contributed by atoms with Crippen molar-refractivity contribution < 1.29 is 4.42 Å². The first-order valence-electron chi connectivity index (χ1n) is 7.78. The monoisotopic (exact) mass is 286 g/mol. The summed E-state index contributed by atoms with van der Waals surface area (Å²) in [4.78, 5) is 0. The number of benzene rings is 3. The lowest BCUT2D eigenvalue weighted by Gasteiger charge is -2.04. The third-order valence-corrected chi connectivity index (χ3v) is 4.39. The Labute approximate surface area is 130 Å². The molecule has 0 aliphatic carbocycles. The Kier molecular flexibility index (Phi) is 3.00. The standard InChI is InChI=1S/C21H18O/c1-3-15-10-12-16(13-11-15)17-7-5-9-19-18-8-4-6-14(2)20(18)22-21(17)19/h4-13H,3H2,1-2H3. The minimum atomic E-state index is 0.982. The Hall–Kier alpha value is -2.54. The van der Waals surface area contributed by atoms with E-state index in [0.717, 1.165) is 23.2 Å². The zero-order chi connectivity index (χ0) is 15.1. The van der Waals surface area contributed by atoms with Gasteiger partial charge in [0.2, 0.25) is 0 Å². The van der Waals surface area contributed by atoms with Gasteiger partial charge in [0.15, 0.2) is 0 Å². The number of rotatable bonds is 2. The second-order valence-corrected chi connectivity index (χ2v) is 5.79. The van der Waals surface area contributed by atoms with Gasteiger partial charge in [-0.3, -0.25) is 0 Å². The van der Waals surface area contributed by atoms with E-state index in [9.17, 15) is 0 Å². The molecule has 0 radical (unpaired) electrons. The first kappa shape index (κ1) is 13.1. The fourth-order valence-corrected chi connectivity index (χ4v) is 3.11. The zero-order valence-electron chi connectivity index (χ0n) is 12.9. The van der Waals surface area contributed by atoms with E-state index in [-0.39, 0.29) is 0 Å². The second kappa shape index (κ2) is 5.03. The van der Waals surface area contributed by atoms with Crippen LogP contribution in [0.2, 0.25) is 0 Å². The number of aryl methyl sites for hydroxylation is 2. The average Bonchev–Trinajstić information content (AvgIpc) is 2.95. The van der Waals surface area contributed by atoms with Crippen molar-refractivity contribution in [2.45, 2.75) is 20.3 Å². The van der Waals surface area contributed by atoms with Gasteiger partial charge in [-0.1, -0.05) is 67.6 Å². The van der Waals surface area contributed by atoms with Crippen LogP contribution in [0.3, 0.4) is 0 Å². The third kappa shape index (κ3) is 1.93. The van der Waals surface area contributed by atoms with Crippen molar-refractivity contribution in [2.24, 2.45) is 0 Å². The maximum Gasteiger partial charge on any atom is 0.143 e. The van der Waals surface area contributed by atoms with Gasteiger partial charge in [-0.2, -0.15) is 0 Å². The SMILES string of the molecule is CCc1ccc(-c2cccc3c2oc2c(C)cccc23)cc1. The molecular formula is C21H18O. The van der Waals surface area contributed by atoms with E-state index in [1.54, 1.807) is 0 Å². The van der Waals surface area contributed by atoms with Gasteiger partial charge in [0.1, 0.15) is 11.2 Å². The zero-order valence-corrected chi connectivity index (χ0v) is 12.9. The molecule has 1 heteroatoms. The van der Waals surface area contributed by atoms with Gasteiger partial charge < -0.3 is 4.42 Å². The van der Waals surface area contributed by atoms with Crippen LogP contribution in [0.1, 0.15) is 18.1 Å². The lowest BCUT2D eigenvalue weighted by Crippen LogP contribution is -1.82. The molecule has 1 heterocycles. The van der Waals surface area contributed by atoms with Crippen LogP contribution >= 0.6 is 0 Å². The first-order chi connectivity index (χ1) is 10.8. The molecule has 0 aliphatic heterocycles. The van der Waals surface area contributed by atoms with Crippen LogP contribution in [0.5, 0.6) is 0 Å². The third-order valence-electron chi connectivity index (χ3n) is 4.39. The van der Waals surface area contributed by atoms with Gasteiger partial charge in [-0.15, -0.1) is 0 Å². The van der Waals surface area contributed by atoms with Crippen molar-refractivity contribution in [2.75, 3.05) is 0 Å². The lowest BCUT2D eigenvalue weighted by atomic mass is 10.0. The lowest BCUT2D eigenvalue weighted by molar-refractivity contribution is 0.667. The normalized spacial score (nSPS) is 11.4. The summed E-state index contributed by atoms with van der Waals surface area (Å²) in [6.07, 6.45) is 1.06. The summed E-state index contributed by atoms with van der Waals surface area (Å²) in [7, 11) is 0. The molecular weight excluding hydrogens is 268 g/mol. The molecule has 0 aliphatic rings. The van der Waals surface area contributed by atoms with Crippen LogP contribution in [0.25, 0.3) is 33.1 Å². The first-order valence-corrected chi connectivity index (χ1v) is 7.78. The smallest absolute Gasteiger partial charge is 0.143 e. The van der Waals surface area contributed by atoms with Crippen LogP contribution in [0, 0.1) is 6.92 Å². The molecule has 0 fully saturated rings. The van der Waals surface area contributed by atoms with Crippen LogP contribution in [-0.4, -0.2) is 0 Å². The van der Waals surface area contributed by atoms with Gasteiger partial charge in [0.25, 0.3) is 0 Å². The number of hydrogen-bond donors (Lipinski definition) is 0. The van der Waals surface area contributed by atoms with Gasteiger partial charge in [0, 0.05) is 16.3 Å². The molecule has 0 saturated heterocycles. The second-order valence-electron chi connectivity index (χ2n) is 5.79. The Balaban J connectivity index is 2.01. The Bertz CT molecular complexity index is 958. The number of fused-ring (bicyclic) bond motifs is 3. The molecule has 0 amide bonds. The average molecular weight is 286 g/mol. The summed E-state index contributed by atoms with van der Waals surface area (Å²) in [5.41, 5.74) is 6.89. The molecule has 0 unspecified atom stereocenters. The fourth-order valence-electron chi connectivity index (χ4n) is 3.11. The van der Waals surface area contributed by atoms with Crippen LogP contribution in [0.4, 0.5) is 0 Å². The molecule has 0 saturated carbocycles. The highest BCUT2D eigenvalue weighted by Gasteiger charge is 2.12. The molecule has 1 aromatic heterocycles. The summed E-state index contributed by atoms with van der Waals surface area (Å²) >= 11 is 0. The van der Waals surface area contributed by atoms with Gasteiger partial charge in [-0.05, 0) is 30.0 Å². The molecule has 108 valence electrons. The van der Waals surface area contributed by atoms with E-state index in [1.807, 2.05) is 0 Å². The van der Waals surface area contributed by atoms with Crippen molar-refractivity contribution in [1.29, 1.82) is 0 Å². The molecule has 0 spiro atoms. The minimum Gasteiger partial charge on any atom is -0.455 e. The molecule has 4 aromatic rings. The van der Waals surface area contributed by atoms with E-state index < -0.39 is 0 Å². The predicted octanol–water partition coefficient (Wildman–Crippen LogP) is 6.12. The largest absolute Gasteiger partial charge is 0.455 e. The highest BCUT2D eigenvalue weighted by molar-refractivity contribution is 6.10. The van der Waals surface area contributed by atoms with E-state index in [4.69, 9.17) is 4.42 Å². The van der Waals surface area contributed by atoms with Crippen LogP contribution in [0.15, 0.2) is 65.1 Å². The van der Waals surface area contributed by atoms with Crippen molar-refractivity contribution in [3.8, 4) is 11.1 Å². The van der Waals surface area contributed by atoms with E-state index in [2.05, 4.69) is 74.5 Å². The molecule has 4 rings (SSSR count). The fraction of sp³-hybridized carbons (Fsp3) is 0.143. The van der Waals surface area contributed by atoms with Crippen molar-refractivity contribution in [3.05, 3.63) is 71.8 Å². The highest BCUT2D eigenvalue weighted by Crippen LogP contribution is 2.36. The van der Waals surface area contributed by atoms with Gasteiger partial charge in [-0.25, -0.2) is 0 Å².